The van der Waals surface area contributed by atoms with Crippen LogP contribution >= 0.6 is 27.3 Å². The SMILES string of the molecule is CC(C)CC1(C)CNCC(c2ccc(Br)s2)O1. The Morgan fingerprint density at radius 2 is 2.35 bits per heavy atom. The van der Waals surface area contributed by atoms with Crippen molar-refractivity contribution in [3.05, 3.63) is 20.8 Å². The van der Waals surface area contributed by atoms with E-state index in [1.807, 2.05) is 0 Å². The molecule has 1 aliphatic heterocycles. The van der Waals surface area contributed by atoms with Gasteiger partial charge in [-0.1, -0.05) is 13.8 Å². The smallest absolute Gasteiger partial charge is 0.105 e. The molecule has 1 aromatic rings. The molecule has 0 aliphatic carbocycles. The lowest BCUT2D eigenvalue weighted by atomic mass is 9.92. The summed E-state index contributed by atoms with van der Waals surface area (Å²) in [6.07, 6.45) is 1.30. The molecule has 17 heavy (non-hydrogen) atoms. The second-order valence-corrected chi connectivity index (χ2v) is 7.92. The summed E-state index contributed by atoms with van der Waals surface area (Å²) in [7, 11) is 0. The van der Waals surface area contributed by atoms with E-state index in [4.69, 9.17) is 4.74 Å². The Bertz CT molecular complexity index is 379. The highest BCUT2D eigenvalue weighted by molar-refractivity contribution is 9.11. The van der Waals surface area contributed by atoms with Crippen LogP contribution in [0, 0.1) is 5.92 Å². The number of rotatable bonds is 3. The Morgan fingerprint density at radius 3 is 2.94 bits per heavy atom. The first-order chi connectivity index (χ1) is 7.98. The number of morpholine rings is 1. The van der Waals surface area contributed by atoms with Crippen LogP contribution in [0.1, 0.15) is 38.2 Å². The highest BCUT2D eigenvalue weighted by Gasteiger charge is 2.34. The zero-order valence-electron chi connectivity index (χ0n) is 10.6. The summed E-state index contributed by atoms with van der Waals surface area (Å²) >= 11 is 5.28. The third kappa shape index (κ3) is 3.53. The second kappa shape index (κ2) is 5.39. The summed E-state index contributed by atoms with van der Waals surface area (Å²) < 4.78 is 7.48. The van der Waals surface area contributed by atoms with E-state index >= 15 is 0 Å². The van der Waals surface area contributed by atoms with Crippen molar-refractivity contribution in [2.75, 3.05) is 13.1 Å². The first kappa shape index (κ1) is 13.5. The molecular formula is C13H20BrNOS. The molecule has 1 aromatic heterocycles. The molecule has 2 rings (SSSR count). The highest BCUT2D eigenvalue weighted by atomic mass is 79.9. The fourth-order valence-corrected chi connectivity index (χ4v) is 3.99. The Morgan fingerprint density at radius 1 is 1.59 bits per heavy atom. The maximum Gasteiger partial charge on any atom is 0.105 e. The standard InChI is InChI=1S/C13H20BrNOS/c1-9(2)6-13(3)8-15-7-10(16-13)11-4-5-12(14)17-11/h4-5,9-10,15H,6-8H2,1-3H3. The van der Waals surface area contributed by atoms with E-state index in [2.05, 4.69) is 54.2 Å². The zero-order chi connectivity index (χ0) is 12.5. The minimum Gasteiger partial charge on any atom is -0.364 e. The summed E-state index contributed by atoms with van der Waals surface area (Å²) in [5.74, 6) is 0.663. The number of halogens is 1. The van der Waals surface area contributed by atoms with Crippen LogP contribution in [0.2, 0.25) is 0 Å². The molecule has 2 heterocycles. The van der Waals surface area contributed by atoms with Crippen molar-refractivity contribution >= 4 is 27.3 Å². The van der Waals surface area contributed by atoms with Gasteiger partial charge >= 0.3 is 0 Å². The molecule has 2 atom stereocenters. The lowest BCUT2D eigenvalue weighted by molar-refractivity contribution is -0.115. The topological polar surface area (TPSA) is 21.3 Å². The highest BCUT2D eigenvalue weighted by Crippen LogP contribution is 2.35. The maximum atomic E-state index is 6.31. The van der Waals surface area contributed by atoms with E-state index in [9.17, 15) is 0 Å². The van der Waals surface area contributed by atoms with Crippen LogP contribution < -0.4 is 5.32 Å². The Labute approximate surface area is 116 Å². The monoisotopic (exact) mass is 317 g/mol. The van der Waals surface area contributed by atoms with Gasteiger partial charge in [0.05, 0.1) is 9.39 Å². The first-order valence-corrected chi connectivity index (χ1v) is 7.73. The van der Waals surface area contributed by atoms with Crippen molar-refractivity contribution in [1.82, 2.24) is 5.32 Å². The molecule has 2 nitrogen and oxygen atoms in total. The third-order valence-electron chi connectivity index (χ3n) is 3.01. The number of thiophene rings is 1. The van der Waals surface area contributed by atoms with Gasteiger partial charge in [-0.05, 0) is 47.3 Å². The van der Waals surface area contributed by atoms with E-state index < -0.39 is 0 Å². The minimum absolute atomic E-state index is 0.0342. The van der Waals surface area contributed by atoms with Crippen LogP contribution in [0.4, 0.5) is 0 Å². The van der Waals surface area contributed by atoms with E-state index in [1.54, 1.807) is 11.3 Å². The summed E-state index contributed by atoms with van der Waals surface area (Å²) in [6.45, 7) is 8.59. The molecule has 0 radical (unpaired) electrons. The average Bonchev–Trinajstić information content (AvgIpc) is 2.63. The maximum absolute atomic E-state index is 6.31. The number of nitrogens with one attached hydrogen (secondary N) is 1. The zero-order valence-corrected chi connectivity index (χ0v) is 13.0. The molecule has 0 aromatic carbocycles. The number of ether oxygens (including phenoxy) is 1. The van der Waals surface area contributed by atoms with E-state index in [1.165, 1.54) is 8.66 Å². The van der Waals surface area contributed by atoms with E-state index in [-0.39, 0.29) is 11.7 Å². The normalized spacial score (nSPS) is 29.8. The molecule has 96 valence electrons. The summed E-state index contributed by atoms with van der Waals surface area (Å²) in [5, 5.41) is 3.50. The van der Waals surface area contributed by atoms with Crippen molar-refractivity contribution in [3.63, 3.8) is 0 Å². The largest absolute Gasteiger partial charge is 0.364 e. The fourth-order valence-electron chi connectivity index (χ4n) is 2.54. The molecule has 1 saturated heterocycles. The third-order valence-corrected chi connectivity index (χ3v) is 4.72. The van der Waals surface area contributed by atoms with Gasteiger partial charge in [-0.2, -0.15) is 0 Å². The molecule has 0 spiro atoms. The van der Waals surface area contributed by atoms with Crippen molar-refractivity contribution in [2.45, 2.75) is 38.9 Å². The number of hydrogen-bond donors (Lipinski definition) is 1. The lowest BCUT2D eigenvalue weighted by Crippen LogP contribution is -2.49. The van der Waals surface area contributed by atoms with Gasteiger partial charge in [0.1, 0.15) is 6.10 Å². The quantitative estimate of drug-likeness (QED) is 0.910. The average molecular weight is 318 g/mol. The van der Waals surface area contributed by atoms with E-state index in [0.717, 1.165) is 19.5 Å². The van der Waals surface area contributed by atoms with Crippen LogP contribution in [0.3, 0.4) is 0 Å². The summed E-state index contributed by atoms with van der Waals surface area (Å²) in [4.78, 5) is 1.30. The van der Waals surface area contributed by atoms with Crippen molar-refractivity contribution < 1.29 is 4.74 Å². The van der Waals surface area contributed by atoms with Gasteiger partial charge < -0.3 is 10.1 Å². The van der Waals surface area contributed by atoms with Gasteiger partial charge in [0.25, 0.3) is 0 Å². The van der Waals surface area contributed by atoms with Crippen molar-refractivity contribution in [2.24, 2.45) is 5.92 Å². The van der Waals surface area contributed by atoms with Crippen molar-refractivity contribution in [3.8, 4) is 0 Å². The van der Waals surface area contributed by atoms with Crippen LogP contribution in [-0.2, 0) is 4.74 Å². The molecule has 2 unspecified atom stereocenters. The van der Waals surface area contributed by atoms with Gasteiger partial charge in [-0.3, -0.25) is 0 Å². The second-order valence-electron chi connectivity index (χ2n) is 5.43. The lowest BCUT2D eigenvalue weighted by Gasteiger charge is -2.40. The van der Waals surface area contributed by atoms with Crippen LogP contribution in [0.25, 0.3) is 0 Å². The van der Waals surface area contributed by atoms with Crippen LogP contribution in [-0.4, -0.2) is 18.7 Å². The summed E-state index contributed by atoms with van der Waals surface area (Å²) in [5.41, 5.74) is -0.0342. The molecule has 1 fully saturated rings. The molecule has 1 aliphatic rings. The Hall–Kier alpha value is 0.1000. The van der Waals surface area contributed by atoms with Gasteiger partial charge in [0.2, 0.25) is 0 Å². The fraction of sp³-hybridized carbons (Fsp3) is 0.692. The molecule has 0 bridgehead atoms. The van der Waals surface area contributed by atoms with Gasteiger partial charge in [-0.15, -0.1) is 11.3 Å². The predicted octanol–water partition coefficient (Wildman–Crippen LogP) is 3.98. The Balaban J connectivity index is 2.06. The Kier molecular flexibility index (Phi) is 4.29. The molecule has 0 amide bonds. The van der Waals surface area contributed by atoms with Gasteiger partial charge in [0, 0.05) is 18.0 Å². The number of hydrogen-bond acceptors (Lipinski definition) is 3. The van der Waals surface area contributed by atoms with Gasteiger partial charge in [0.15, 0.2) is 0 Å². The molecular weight excluding hydrogens is 298 g/mol. The van der Waals surface area contributed by atoms with Crippen LogP contribution in [0.5, 0.6) is 0 Å². The first-order valence-electron chi connectivity index (χ1n) is 6.12. The predicted molar refractivity (Wildman–Crippen MR) is 76.6 cm³/mol. The van der Waals surface area contributed by atoms with E-state index in [0.29, 0.717) is 5.92 Å². The molecule has 0 saturated carbocycles. The minimum atomic E-state index is -0.0342. The van der Waals surface area contributed by atoms with Crippen LogP contribution in [0.15, 0.2) is 15.9 Å². The van der Waals surface area contributed by atoms with Crippen molar-refractivity contribution in [1.29, 1.82) is 0 Å². The molecule has 1 N–H and O–H groups in total. The molecule has 4 heteroatoms. The van der Waals surface area contributed by atoms with Gasteiger partial charge in [-0.25, -0.2) is 0 Å². The summed E-state index contributed by atoms with van der Waals surface area (Å²) in [6, 6.07) is 4.25.